The van der Waals surface area contributed by atoms with Crippen LogP contribution in [0.25, 0.3) is 0 Å². The second-order valence-corrected chi connectivity index (χ2v) is 7.43. The first-order valence-electron chi connectivity index (χ1n) is 9.72. The maximum atomic E-state index is 6.09. The van der Waals surface area contributed by atoms with Gasteiger partial charge in [0.2, 0.25) is 0 Å². The van der Waals surface area contributed by atoms with Crippen molar-refractivity contribution in [1.29, 1.82) is 0 Å². The average Bonchev–Trinajstić information content (AvgIpc) is 2.60. The van der Waals surface area contributed by atoms with Crippen molar-refractivity contribution in [3.05, 3.63) is 69.8 Å². The molecule has 1 nitrogen and oxygen atoms in total. The zero-order chi connectivity index (χ0) is 18.4. The molecule has 2 atom stereocenters. The maximum absolute atomic E-state index is 6.09. The number of hydrogen-bond donors (Lipinski definition) is 0. The van der Waals surface area contributed by atoms with Gasteiger partial charge in [-0.1, -0.05) is 64.1 Å². The second-order valence-electron chi connectivity index (χ2n) is 7.43. The minimum atomic E-state index is 0.432. The lowest BCUT2D eigenvalue weighted by Gasteiger charge is -2.19. The fourth-order valence-corrected chi connectivity index (χ4v) is 3.62. The van der Waals surface area contributed by atoms with Gasteiger partial charge in [-0.05, 0) is 60.1 Å². The normalized spacial score (nSPS) is 13.7. The number of rotatable bonds is 8. The smallest absolute Gasteiger partial charge is 0.0532 e. The number of benzene rings is 2. The van der Waals surface area contributed by atoms with Gasteiger partial charge in [-0.25, -0.2) is 0 Å². The van der Waals surface area contributed by atoms with Crippen molar-refractivity contribution in [3.63, 3.8) is 0 Å². The van der Waals surface area contributed by atoms with Gasteiger partial charge in [-0.15, -0.1) is 0 Å². The molecule has 2 rings (SSSR count). The van der Waals surface area contributed by atoms with Crippen LogP contribution in [-0.4, -0.2) is 13.2 Å². The van der Waals surface area contributed by atoms with Crippen LogP contribution in [0.4, 0.5) is 0 Å². The molecule has 1 heteroatoms. The molecule has 2 unspecified atom stereocenters. The van der Waals surface area contributed by atoms with Crippen LogP contribution in [0.5, 0.6) is 0 Å². The summed E-state index contributed by atoms with van der Waals surface area (Å²) in [6.45, 7) is 14.9. The molecule has 0 aliphatic rings. The zero-order valence-corrected chi connectivity index (χ0v) is 16.9. The second kappa shape index (κ2) is 9.20. The zero-order valence-electron chi connectivity index (χ0n) is 16.9. The van der Waals surface area contributed by atoms with E-state index >= 15 is 0 Å². The number of aryl methyl sites for hydroxylation is 4. The van der Waals surface area contributed by atoms with Crippen molar-refractivity contribution in [2.75, 3.05) is 13.2 Å². The van der Waals surface area contributed by atoms with Gasteiger partial charge < -0.3 is 4.74 Å². The molecular weight excluding hydrogens is 304 g/mol. The molecule has 2 aromatic carbocycles. The van der Waals surface area contributed by atoms with Crippen LogP contribution in [0, 0.1) is 13.8 Å². The highest BCUT2D eigenvalue weighted by Gasteiger charge is 2.12. The summed E-state index contributed by atoms with van der Waals surface area (Å²) < 4.78 is 6.09. The van der Waals surface area contributed by atoms with Crippen LogP contribution in [0.1, 0.15) is 72.9 Å². The van der Waals surface area contributed by atoms with Gasteiger partial charge in [0.05, 0.1) is 13.2 Å². The van der Waals surface area contributed by atoms with Crippen molar-refractivity contribution in [2.45, 2.75) is 66.2 Å². The van der Waals surface area contributed by atoms with E-state index in [9.17, 15) is 0 Å². The van der Waals surface area contributed by atoms with Gasteiger partial charge in [-0.2, -0.15) is 0 Å². The summed E-state index contributed by atoms with van der Waals surface area (Å²) in [7, 11) is 0. The summed E-state index contributed by atoms with van der Waals surface area (Å²) >= 11 is 0. The highest BCUT2D eigenvalue weighted by molar-refractivity contribution is 5.34. The molecule has 0 bridgehead atoms. The summed E-state index contributed by atoms with van der Waals surface area (Å²) in [4.78, 5) is 0. The summed E-state index contributed by atoms with van der Waals surface area (Å²) in [5.41, 5.74) is 8.41. The Bertz CT molecular complexity index is 627. The molecule has 0 fully saturated rings. The van der Waals surface area contributed by atoms with Gasteiger partial charge >= 0.3 is 0 Å². The number of ether oxygens (including phenoxy) is 1. The van der Waals surface area contributed by atoms with Crippen LogP contribution >= 0.6 is 0 Å². The first kappa shape index (κ1) is 19.7. The van der Waals surface area contributed by atoms with Crippen molar-refractivity contribution < 1.29 is 4.74 Å². The third-order valence-corrected chi connectivity index (χ3v) is 5.28. The molecule has 0 saturated heterocycles. The first-order chi connectivity index (χ1) is 12.0. The van der Waals surface area contributed by atoms with Crippen LogP contribution in [0.15, 0.2) is 36.4 Å². The van der Waals surface area contributed by atoms with E-state index < -0.39 is 0 Å². The van der Waals surface area contributed by atoms with Crippen molar-refractivity contribution in [3.8, 4) is 0 Å². The van der Waals surface area contributed by atoms with E-state index in [0.717, 1.165) is 26.1 Å². The quantitative estimate of drug-likeness (QED) is 0.545. The Labute approximate surface area is 154 Å². The van der Waals surface area contributed by atoms with Gasteiger partial charge in [0.15, 0.2) is 0 Å². The molecule has 0 saturated carbocycles. The van der Waals surface area contributed by atoms with E-state index in [1.54, 1.807) is 0 Å². The standard InChI is InChI=1S/C24H34O/c1-7-21-9-11-23(17(3)13-21)19(5)15-25-16-20(6)24-12-10-22(8-2)14-18(24)4/h9-14,19-20H,7-8,15-16H2,1-6H3. The van der Waals surface area contributed by atoms with Crippen LogP contribution in [-0.2, 0) is 17.6 Å². The summed E-state index contributed by atoms with van der Waals surface area (Å²) in [6.07, 6.45) is 2.19. The third kappa shape index (κ3) is 5.19. The maximum Gasteiger partial charge on any atom is 0.0532 e. The fourth-order valence-electron chi connectivity index (χ4n) is 3.62. The average molecular weight is 339 g/mol. The first-order valence-corrected chi connectivity index (χ1v) is 9.72. The Morgan fingerprint density at radius 1 is 0.720 bits per heavy atom. The Hall–Kier alpha value is -1.60. The fraction of sp³-hybridized carbons (Fsp3) is 0.500. The third-order valence-electron chi connectivity index (χ3n) is 5.28. The molecule has 0 aliphatic heterocycles. The van der Waals surface area contributed by atoms with Crippen LogP contribution < -0.4 is 0 Å². The molecule has 136 valence electrons. The lowest BCUT2D eigenvalue weighted by atomic mass is 9.94. The molecular formula is C24H34O. The Balaban J connectivity index is 1.91. The van der Waals surface area contributed by atoms with E-state index in [2.05, 4.69) is 77.9 Å². The van der Waals surface area contributed by atoms with Gasteiger partial charge in [0, 0.05) is 11.8 Å². The van der Waals surface area contributed by atoms with E-state index in [-0.39, 0.29) is 0 Å². The highest BCUT2D eigenvalue weighted by atomic mass is 16.5. The molecule has 0 aromatic heterocycles. The van der Waals surface area contributed by atoms with Crippen LogP contribution in [0.2, 0.25) is 0 Å². The van der Waals surface area contributed by atoms with Crippen molar-refractivity contribution in [2.24, 2.45) is 0 Å². The van der Waals surface area contributed by atoms with Crippen molar-refractivity contribution >= 4 is 0 Å². The molecule has 0 N–H and O–H groups in total. The summed E-state index contributed by atoms with van der Waals surface area (Å²) in [5, 5.41) is 0. The molecule has 0 radical (unpaired) electrons. The van der Waals surface area contributed by atoms with E-state index in [0.29, 0.717) is 11.8 Å². The predicted octanol–water partition coefficient (Wildman–Crippen LogP) is 6.35. The van der Waals surface area contributed by atoms with Gasteiger partial charge in [-0.3, -0.25) is 0 Å². The molecule has 0 spiro atoms. The molecule has 0 amide bonds. The molecule has 0 heterocycles. The lowest BCUT2D eigenvalue weighted by Crippen LogP contribution is -2.11. The topological polar surface area (TPSA) is 9.23 Å². The van der Waals surface area contributed by atoms with Crippen molar-refractivity contribution in [1.82, 2.24) is 0 Å². The summed E-state index contributed by atoms with van der Waals surface area (Å²) in [5.74, 6) is 0.864. The lowest BCUT2D eigenvalue weighted by molar-refractivity contribution is 0.113. The molecule has 25 heavy (non-hydrogen) atoms. The number of hydrogen-bond acceptors (Lipinski definition) is 1. The summed E-state index contributed by atoms with van der Waals surface area (Å²) in [6, 6.07) is 13.7. The van der Waals surface area contributed by atoms with E-state index in [1.807, 2.05) is 0 Å². The Morgan fingerprint density at radius 3 is 1.44 bits per heavy atom. The van der Waals surface area contributed by atoms with Gasteiger partial charge in [0.25, 0.3) is 0 Å². The predicted molar refractivity (Wildman–Crippen MR) is 109 cm³/mol. The largest absolute Gasteiger partial charge is 0.380 e. The van der Waals surface area contributed by atoms with Gasteiger partial charge in [0.1, 0.15) is 0 Å². The highest BCUT2D eigenvalue weighted by Crippen LogP contribution is 2.24. The monoisotopic (exact) mass is 338 g/mol. The van der Waals surface area contributed by atoms with E-state index in [4.69, 9.17) is 4.74 Å². The molecule has 2 aromatic rings. The van der Waals surface area contributed by atoms with E-state index in [1.165, 1.54) is 33.4 Å². The Morgan fingerprint density at radius 2 is 1.12 bits per heavy atom. The van der Waals surface area contributed by atoms with Crippen LogP contribution in [0.3, 0.4) is 0 Å². The Kier molecular flexibility index (Phi) is 7.25. The molecule has 0 aliphatic carbocycles. The SMILES string of the molecule is CCc1ccc(C(C)COCC(C)c2ccc(CC)cc2C)c(C)c1. The minimum absolute atomic E-state index is 0.432. The minimum Gasteiger partial charge on any atom is -0.380 e.